The van der Waals surface area contributed by atoms with Crippen molar-refractivity contribution in [1.82, 2.24) is 0 Å². The molecule has 2 rings (SSSR count). The zero-order valence-corrected chi connectivity index (χ0v) is 10.3. The molecular weight excluding hydrogens is 252 g/mol. The maximum atomic E-state index is 13.4. The molecule has 0 spiro atoms. The summed E-state index contributed by atoms with van der Waals surface area (Å²) in [5.41, 5.74) is 0.957. The third-order valence-electron chi connectivity index (χ3n) is 2.66. The van der Waals surface area contributed by atoms with Crippen molar-refractivity contribution in [2.45, 2.75) is 6.54 Å². The van der Waals surface area contributed by atoms with Gasteiger partial charge in [-0.3, -0.25) is 0 Å². The van der Waals surface area contributed by atoms with Crippen LogP contribution in [0.4, 0.5) is 14.5 Å². The molecule has 0 fully saturated rings. The van der Waals surface area contributed by atoms with Gasteiger partial charge in [0.25, 0.3) is 0 Å². The topological polar surface area (TPSA) is 41.5 Å². The molecule has 2 aromatic rings. The fourth-order valence-corrected chi connectivity index (χ4v) is 1.68. The van der Waals surface area contributed by atoms with Gasteiger partial charge in [-0.15, -0.1) is 0 Å². The number of rotatable bonds is 4. The zero-order valence-electron chi connectivity index (χ0n) is 10.3. The highest BCUT2D eigenvalue weighted by atomic mass is 19.1. The van der Waals surface area contributed by atoms with Crippen molar-refractivity contribution < 1.29 is 18.6 Å². The third kappa shape index (κ3) is 3.13. The van der Waals surface area contributed by atoms with Crippen molar-refractivity contribution in [3.8, 4) is 11.5 Å². The number of halogens is 2. The molecule has 0 unspecified atom stereocenters. The van der Waals surface area contributed by atoms with E-state index >= 15 is 0 Å². The Morgan fingerprint density at radius 3 is 2.58 bits per heavy atom. The van der Waals surface area contributed by atoms with Gasteiger partial charge in [0.1, 0.15) is 11.6 Å². The summed E-state index contributed by atoms with van der Waals surface area (Å²) in [6, 6.07) is 8.20. The normalized spacial score (nSPS) is 10.3. The first-order chi connectivity index (χ1) is 9.10. The number of hydrogen-bond donors (Lipinski definition) is 2. The Morgan fingerprint density at radius 2 is 1.95 bits per heavy atom. The van der Waals surface area contributed by atoms with Gasteiger partial charge in [-0.05, 0) is 29.8 Å². The molecule has 0 aliphatic rings. The Kier molecular flexibility index (Phi) is 3.85. The molecule has 0 saturated carbocycles. The molecule has 2 aromatic carbocycles. The molecule has 2 N–H and O–H groups in total. The van der Waals surface area contributed by atoms with Crippen molar-refractivity contribution in [3.05, 3.63) is 53.6 Å². The number of aromatic hydroxyl groups is 1. The predicted molar refractivity (Wildman–Crippen MR) is 68.3 cm³/mol. The Hall–Kier alpha value is -2.30. The lowest BCUT2D eigenvalue weighted by Gasteiger charge is -2.09. The SMILES string of the molecule is COc1ccc(CNc2ccc(F)cc2F)cc1O. The van der Waals surface area contributed by atoms with E-state index in [1.807, 2.05) is 0 Å². The first-order valence-corrected chi connectivity index (χ1v) is 5.65. The van der Waals surface area contributed by atoms with Crippen molar-refractivity contribution >= 4 is 5.69 Å². The Balaban J connectivity index is 2.08. The van der Waals surface area contributed by atoms with Gasteiger partial charge in [0.2, 0.25) is 0 Å². The minimum absolute atomic E-state index is 0.0152. The van der Waals surface area contributed by atoms with Crippen LogP contribution in [0.1, 0.15) is 5.56 Å². The lowest BCUT2D eigenvalue weighted by Crippen LogP contribution is -2.01. The van der Waals surface area contributed by atoms with Crippen LogP contribution in [-0.4, -0.2) is 12.2 Å². The van der Waals surface area contributed by atoms with Crippen LogP contribution >= 0.6 is 0 Å². The van der Waals surface area contributed by atoms with Gasteiger partial charge in [-0.1, -0.05) is 6.07 Å². The lowest BCUT2D eigenvalue weighted by molar-refractivity contribution is 0.373. The summed E-state index contributed by atoms with van der Waals surface area (Å²) in [6.07, 6.45) is 0. The first kappa shape index (κ1) is 13.1. The van der Waals surface area contributed by atoms with Crippen LogP contribution in [0.25, 0.3) is 0 Å². The van der Waals surface area contributed by atoms with Crippen molar-refractivity contribution in [2.24, 2.45) is 0 Å². The second kappa shape index (κ2) is 5.56. The summed E-state index contributed by atoms with van der Waals surface area (Å²) >= 11 is 0. The smallest absolute Gasteiger partial charge is 0.160 e. The Labute approximate surface area is 109 Å². The van der Waals surface area contributed by atoms with Crippen LogP contribution < -0.4 is 10.1 Å². The van der Waals surface area contributed by atoms with Crippen LogP contribution in [0.2, 0.25) is 0 Å². The molecule has 0 amide bonds. The van der Waals surface area contributed by atoms with Gasteiger partial charge in [0, 0.05) is 12.6 Å². The number of benzene rings is 2. The monoisotopic (exact) mass is 265 g/mol. The Morgan fingerprint density at radius 1 is 1.16 bits per heavy atom. The van der Waals surface area contributed by atoms with E-state index in [0.29, 0.717) is 12.3 Å². The quantitative estimate of drug-likeness (QED) is 0.891. The molecule has 0 atom stereocenters. The molecule has 0 aliphatic heterocycles. The summed E-state index contributed by atoms with van der Waals surface area (Å²) in [5.74, 6) is -0.888. The lowest BCUT2D eigenvalue weighted by atomic mass is 10.2. The van der Waals surface area contributed by atoms with Crippen LogP contribution in [0.5, 0.6) is 11.5 Å². The number of hydrogen-bond acceptors (Lipinski definition) is 3. The number of methoxy groups -OCH3 is 1. The number of phenols is 1. The molecule has 0 saturated heterocycles. The molecule has 0 aromatic heterocycles. The van der Waals surface area contributed by atoms with Crippen LogP contribution in [-0.2, 0) is 6.54 Å². The molecule has 0 bridgehead atoms. The second-order valence-electron chi connectivity index (χ2n) is 3.98. The average Bonchev–Trinajstić information content (AvgIpc) is 2.38. The van der Waals surface area contributed by atoms with E-state index in [2.05, 4.69) is 5.32 Å². The molecule has 0 heterocycles. The summed E-state index contributed by atoms with van der Waals surface area (Å²) in [4.78, 5) is 0. The minimum Gasteiger partial charge on any atom is -0.504 e. The molecule has 0 aliphatic carbocycles. The molecule has 100 valence electrons. The molecule has 0 radical (unpaired) electrons. The number of anilines is 1. The number of phenolic OH excluding ortho intramolecular Hbond substituents is 1. The van der Waals surface area contributed by atoms with E-state index in [4.69, 9.17) is 4.74 Å². The summed E-state index contributed by atoms with van der Waals surface area (Å²) < 4.78 is 31.0. The van der Waals surface area contributed by atoms with Crippen molar-refractivity contribution in [1.29, 1.82) is 0 Å². The minimum atomic E-state index is -0.655. The molecule has 3 nitrogen and oxygen atoms in total. The summed E-state index contributed by atoms with van der Waals surface area (Å²) in [7, 11) is 1.46. The maximum absolute atomic E-state index is 13.4. The van der Waals surface area contributed by atoms with Gasteiger partial charge in [-0.25, -0.2) is 8.78 Å². The standard InChI is InChI=1S/C14H13F2NO2/c1-19-14-5-2-9(6-13(14)18)8-17-12-4-3-10(15)7-11(12)16/h2-7,17-18H,8H2,1H3. The van der Waals surface area contributed by atoms with Crippen LogP contribution in [0, 0.1) is 11.6 Å². The maximum Gasteiger partial charge on any atom is 0.160 e. The van der Waals surface area contributed by atoms with Gasteiger partial charge < -0.3 is 15.2 Å². The van der Waals surface area contributed by atoms with Crippen molar-refractivity contribution in [2.75, 3.05) is 12.4 Å². The number of nitrogens with one attached hydrogen (secondary N) is 1. The fourth-order valence-electron chi connectivity index (χ4n) is 1.68. The van der Waals surface area contributed by atoms with E-state index in [1.165, 1.54) is 25.3 Å². The van der Waals surface area contributed by atoms with Gasteiger partial charge in [0.15, 0.2) is 11.5 Å². The highest BCUT2D eigenvalue weighted by Gasteiger charge is 2.05. The van der Waals surface area contributed by atoms with E-state index in [1.54, 1.807) is 12.1 Å². The predicted octanol–water partition coefficient (Wildman–Crippen LogP) is 3.29. The molecular formula is C14H13F2NO2. The highest BCUT2D eigenvalue weighted by Crippen LogP contribution is 2.26. The molecule has 5 heteroatoms. The van der Waals surface area contributed by atoms with Gasteiger partial charge >= 0.3 is 0 Å². The Bertz CT molecular complexity index is 588. The first-order valence-electron chi connectivity index (χ1n) is 5.65. The number of ether oxygens (including phenoxy) is 1. The second-order valence-corrected chi connectivity index (χ2v) is 3.98. The zero-order chi connectivity index (χ0) is 13.8. The van der Waals surface area contributed by atoms with Gasteiger partial charge in [-0.2, -0.15) is 0 Å². The largest absolute Gasteiger partial charge is 0.504 e. The van der Waals surface area contributed by atoms with E-state index in [-0.39, 0.29) is 11.4 Å². The van der Waals surface area contributed by atoms with Crippen LogP contribution in [0.3, 0.4) is 0 Å². The van der Waals surface area contributed by atoms with E-state index in [9.17, 15) is 13.9 Å². The van der Waals surface area contributed by atoms with Gasteiger partial charge in [0.05, 0.1) is 12.8 Å². The summed E-state index contributed by atoms with van der Waals surface area (Å²) in [6.45, 7) is 0.306. The van der Waals surface area contributed by atoms with Crippen molar-refractivity contribution in [3.63, 3.8) is 0 Å². The third-order valence-corrected chi connectivity index (χ3v) is 2.66. The average molecular weight is 265 g/mol. The molecule has 19 heavy (non-hydrogen) atoms. The summed E-state index contributed by atoms with van der Waals surface area (Å²) in [5, 5.41) is 12.4. The highest BCUT2D eigenvalue weighted by molar-refractivity contribution is 5.47. The van der Waals surface area contributed by atoms with Crippen LogP contribution in [0.15, 0.2) is 36.4 Å². The van der Waals surface area contributed by atoms with E-state index in [0.717, 1.165) is 11.6 Å². The fraction of sp³-hybridized carbons (Fsp3) is 0.143. The van der Waals surface area contributed by atoms with E-state index < -0.39 is 11.6 Å².